The molecule has 0 bridgehead atoms. The van der Waals surface area contributed by atoms with Gasteiger partial charge in [0.25, 0.3) is 11.5 Å². The lowest BCUT2D eigenvalue weighted by atomic mass is 9.85. The van der Waals surface area contributed by atoms with Gasteiger partial charge in [0, 0.05) is 56.9 Å². The molecule has 1 N–H and O–H groups in total. The van der Waals surface area contributed by atoms with Gasteiger partial charge in [-0.15, -0.1) is 0 Å². The first-order valence-corrected chi connectivity index (χ1v) is 13.0. The number of fused-ring (bicyclic) bond motifs is 3. The Labute approximate surface area is 206 Å². The molecule has 1 atom stereocenters. The van der Waals surface area contributed by atoms with Gasteiger partial charge < -0.3 is 14.6 Å². The number of methoxy groups -OCH3 is 1. The Balaban J connectivity index is 1.41. The molecule has 2 aliphatic rings. The molecule has 0 unspecified atom stereocenters. The lowest BCUT2D eigenvalue weighted by molar-refractivity contribution is 0.0505. The van der Waals surface area contributed by atoms with E-state index in [2.05, 4.69) is 21.9 Å². The molecule has 2 aromatic heterocycles. The molecule has 3 aromatic rings. The highest BCUT2D eigenvalue weighted by Crippen LogP contribution is 2.31. The second-order valence-corrected chi connectivity index (χ2v) is 10.4. The Hall–Kier alpha value is -2.71. The van der Waals surface area contributed by atoms with Crippen molar-refractivity contribution in [1.82, 2.24) is 24.6 Å². The number of carbonyl (C=O) groups is 1. The lowest BCUT2D eigenvalue weighted by Gasteiger charge is -2.40. The summed E-state index contributed by atoms with van der Waals surface area (Å²) in [5, 5.41) is 6.05. The first kappa shape index (κ1) is 24.0. The van der Waals surface area contributed by atoms with Crippen LogP contribution in [0.5, 0.6) is 0 Å². The molecular weight excluding hydrogens is 442 g/mol. The van der Waals surface area contributed by atoms with Crippen LogP contribution in [0.2, 0.25) is 0 Å². The van der Waals surface area contributed by atoms with E-state index in [1.165, 1.54) is 19.3 Å². The summed E-state index contributed by atoms with van der Waals surface area (Å²) in [6, 6.07) is 4.24. The molecule has 0 spiro atoms. The van der Waals surface area contributed by atoms with Crippen LogP contribution in [0.3, 0.4) is 0 Å². The largest absolute Gasteiger partial charge is 0.385 e. The summed E-state index contributed by atoms with van der Waals surface area (Å²) in [6.45, 7) is 9.16. The van der Waals surface area contributed by atoms with Crippen molar-refractivity contribution < 1.29 is 9.53 Å². The summed E-state index contributed by atoms with van der Waals surface area (Å²) in [7, 11) is 1.74. The minimum Gasteiger partial charge on any atom is -0.385 e. The molecule has 1 aliphatic heterocycles. The predicted molar refractivity (Wildman–Crippen MR) is 138 cm³/mol. The smallest absolute Gasteiger partial charge is 0.259 e. The summed E-state index contributed by atoms with van der Waals surface area (Å²) >= 11 is 0. The molecule has 1 aromatic carbocycles. The van der Waals surface area contributed by atoms with Crippen LogP contribution in [0, 0.1) is 12.8 Å². The molecule has 8 nitrogen and oxygen atoms in total. The van der Waals surface area contributed by atoms with Crippen molar-refractivity contribution in [2.24, 2.45) is 5.92 Å². The van der Waals surface area contributed by atoms with E-state index in [0.29, 0.717) is 22.9 Å². The second kappa shape index (κ2) is 10.1. The molecule has 1 aliphatic carbocycles. The van der Waals surface area contributed by atoms with E-state index in [-0.39, 0.29) is 11.5 Å². The molecule has 8 heteroatoms. The van der Waals surface area contributed by atoms with Gasteiger partial charge in [0.1, 0.15) is 0 Å². The number of benzene rings is 1. The summed E-state index contributed by atoms with van der Waals surface area (Å²) in [5.74, 6) is 0.686. The van der Waals surface area contributed by atoms with E-state index >= 15 is 0 Å². The van der Waals surface area contributed by atoms with Crippen LogP contribution in [0.1, 0.15) is 54.9 Å². The van der Waals surface area contributed by atoms with Gasteiger partial charge in [-0.2, -0.15) is 5.10 Å². The van der Waals surface area contributed by atoms with Crippen LogP contribution < -0.4 is 5.56 Å². The standard InChI is InChI=1S/C27H37N5O3/c1-18-13-24-22(25-23(26(33)29-24)15-28-32(25)17-20-7-6-8-20)14-21(18)27(34)31-11-10-30(19(2)16-31)9-4-5-12-35-3/h13-15,19-20H,4-12,16-17H2,1-3H3,(H,29,33)/t19-/m1/s1. The van der Waals surface area contributed by atoms with Crippen molar-refractivity contribution in [3.05, 3.63) is 39.8 Å². The number of unbranched alkanes of at least 4 members (excludes halogenated alkanes) is 1. The summed E-state index contributed by atoms with van der Waals surface area (Å²) in [5.41, 5.74) is 3.08. The number of aryl methyl sites for hydroxylation is 1. The molecule has 1 saturated carbocycles. The Morgan fingerprint density at radius 2 is 2.03 bits per heavy atom. The first-order chi connectivity index (χ1) is 17.0. The average molecular weight is 480 g/mol. The van der Waals surface area contributed by atoms with Crippen LogP contribution in [0.4, 0.5) is 0 Å². The van der Waals surface area contributed by atoms with Crippen LogP contribution in [0.25, 0.3) is 21.8 Å². The molecule has 35 heavy (non-hydrogen) atoms. The van der Waals surface area contributed by atoms with Gasteiger partial charge in [-0.1, -0.05) is 6.42 Å². The van der Waals surface area contributed by atoms with Crippen molar-refractivity contribution in [3.63, 3.8) is 0 Å². The summed E-state index contributed by atoms with van der Waals surface area (Å²) in [6.07, 6.45) is 7.53. The van der Waals surface area contributed by atoms with Gasteiger partial charge in [0.2, 0.25) is 0 Å². The molecule has 1 saturated heterocycles. The molecular formula is C27H37N5O3. The third kappa shape index (κ3) is 4.74. The highest BCUT2D eigenvalue weighted by Gasteiger charge is 2.28. The van der Waals surface area contributed by atoms with Crippen LogP contribution in [0.15, 0.2) is 23.1 Å². The fraction of sp³-hybridized carbons (Fsp3) is 0.593. The number of amides is 1. The average Bonchev–Trinajstić information content (AvgIpc) is 3.24. The number of hydrogen-bond acceptors (Lipinski definition) is 5. The number of H-pyrrole nitrogens is 1. The van der Waals surface area contributed by atoms with Crippen LogP contribution in [-0.2, 0) is 11.3 Å². The monoisotopic (exact) mass is 479 g/mol. The van der Waals surface area contributed by atoms with Crippen molar-refractivity contribution in [2.45, 2.75) is 58.5 Å². The number of carbonyl (C=O) groups excluding carboxylic acids is 1. The second-order valence-electron chi connectivity index (χ2n) is 10.4. The first-order valence-electron chi connectivity index (χ1n) is 13.0. The molecule has 188 valence electrons. The zero-order valence-electron chi connectivity index (χ0n) is 21.2. The number of nitrogens with zero attached hydrogens (tertiary/aromatic N) is 4. The topological polar surface area (TPSA) is 83.5 Å². The third-order valence-electron chi connectivity index (χ3n) is 7.93. The van der Waals surface area contributed by atoms with Gasteiger partial charge in [0.15, 0.2) is 0 Å². The highest BCUT2D eigenvalue weighted by molar-refractivity contribution is 6.07. The molecule has 2 fully saturated rings. The minimum absolute atomic E-state index is 0.0692. The van der Waals surface area contributed by atoms with Gasteiger partial charge in [-0.05, 0) is 69.7 Å². The number of aromatic nitrogens is 3. The van der Waals surface area contributed by atoms with E-state index in [1.54, 1.807) is 13.3 Å². The fourth-order valence-corrected chi connectivity index (χ4v) is 5.56. The summed E-state index contributed by atoms with van der Waals surface area (Å²) in [4.78, 5) is 33.9. The van der Waals surface area contributed by atoms with Gasteiger partial charge in [0.05, 0.1) is 22.6 Å². The molecule has 1 amide bonds. The number of aromatic amines is 1. The molecule has 5 rings (SSSR count). The Kier molecular flexibility index (Phi) is 6.93. The Morgan fingerprint density at radius 3 is 2.74 bits per heavy atom. The number of pyridine rings is 1. The number of hydrogen-bond donors (Lipinski definition) is 1. The quantitative estimate of drug-likeness (QED) is 0.500. The fourth-order valence-electron chi connectivity index (χ4n) is 5.56. The maximum Gasteiger partial charge on any atom is 0.259 e. The maximum atomic E-state index is 13.7. The maximum absolute atomic E-state index is 13.7. The van der Waals surface area contributed by atoms with E-state index < -0.39 is 0 Å². The Morgan fingerprint density at radius 1 is 1.20 bits per heavy atom. The van der Waals surface area contributed by atoms with Crippen LogP contribution in [-0.4, -0.2) is 76.4 Å². The molecule has 3 heterocycles. The molecule has 0 radical (unpaired) electrons. The highest BCUT2D eigenvalue weighted by atomic mass is 16.5. The van der Waals surface area contributed by atoms with Crippen LogP contribution >= 0.6 is 0 Å². The van der Waals surface area contributed by atoms with Gasteiger partial charge in [-0.25, -0.2) is 0 Å². The predicted octanol–water partition coefficient (Wildman–Crippen LogP) is 3.56. The van der Waals surface area contributed by atoms with E-state index in [4.69, 9.17) is 4.74 Å². The number of ether oxygens (including phenoxy) is 1. The van der Waals surface area contributed by atoms with Crippen molar-refractivity contribution >= 4 is 27.7 Å². The number of rotatable bonds is 8. The zero-order chi connectivity index (χ0) is 24.5. The normalized spacial score (nSPS) is 19.5. The van der Waals surface area contributed by atoms with Crippen molar-refractivity contribution in [2.75, 3.05) is 39.9 Å². The van der Waals surface area contributed by atoms with Crippen molar-refractivity contribution in [1.29, 1.82) is 0 Å². The van der Waals surface area contributed by atoms with Crippen molar-refractivity contribution in [3.8, 4) is 0 Å². The van der Waals surface area contributed by atoms with E-state index in [9.17, 15) is 9.59 Å². The number of piperazine rings is 1. The third-order valence-corrected chi connectivity index (χ3v) is 7.93. The minimum atomic E-state index is -0.124. The number of nitrogens with one attached hydrogen (secondary N) is 1. The van der Waals surface area contributed by atoms with Gasteiger partial charge >= 0.3 is 0 Å². The zero-order valence-corrected chi connectivity index (χ0v) is 21.2. The summed E-state index contributed by atoms with van der Waals surface area (Å²) < 4.78 is 7.14. The Bertz CT molecular complexity index is 1280. The van der Waals surface area contributed by atoms with Gasteiger partial charge in [-0.3, -0.25) is 19.2 Å². The van der Waals surface area contributed by atoms with E-state index in [1.807, 2.05) is 28.6 Å². The lowest BCUT2D eigenvalue weighted by Crippen LogP contribution is -2.53. The van der Waals surface area contributed by atoms with E-state index in [0.717, 1.165) is 74.2 Å². The SMILES string of the molecule is COCCCCN1CCN(C(=O)c2cc3c(cc2C)[nH]c(=O)c2cnn(CC4CCC4)c23)C[C@H]1C.